The van der Waals surface area contributed by atoms with Crippen molar-refractivity contribution in [1.82, 2.24) is 0 Å². The maximum atomic E-state index is 13.0. The van der Waals surface area contributed by atoms with Crippen LogP contribution in [0.15, 0.2) is 0 Å². The van der Waals surface area contributed by atoms with Crippen LogP contribution in [0, 0.1) is 0 Å². The maximum Gasteiger partial charge on any atom is 0.460 e. The highest BCUT2D eigenvalue weighted by atomic mass is 19.4. The smallest absolute Gasteiger partial charge is 0.349 e. The zero-order chi connectivity index (χ0) is 26.9. The zero-order valence-corrected chi connectivity index (χ0v) is 14.9. The van der Waals surface area contributed by atoms with E-state index in [-0.39, 0.29) is 0 Å². The number of alkyl halides is 18. The van der Waals surface area contributed by atoms with Gasteiger partial charge in [-0.1, -0.05) is 0 Å². The molecular weight excluding hydrogens is 534 g/mol. The van der Waals surface area contributed by atoms with Crippen molar-refractivity contribution < 1.29 is 93.2 Å². The van der Waals surface area contributed by atoms with Gasteiger partial charge in [0.1, 0.15) is 26.8 Å². The van der Waals surface area contributed by atoms with E-state index in [9.17, 15) is 79.0 Å². The lowest BCUT2D eigenvalue weighted by Crippen LogP contribution is -2.62. The molecule has 0 radical (unpaired) electrons. The van der Waals surface area contributed by atoms with E-state index in [2.05, 4.69) is 14.2 Å². The van der Waals surface area contributed by atoms with Crippen molar-refractivity contribution in [2.24, 2.45) is 0 Å². The highest BCUT2D eigenvalue weighted by molar-refractivity contribution is 5.01. The van der Waals surface area contributed by atoms with Gasteiger partial charge in [-0.25, -0.2) is 0 Å². The van der Waals surface area contributed by atoms with E-state index in [1.807, 2.05) is 0 Å². The molecular formula is C12H8F18O3. The minimum Gasteiger partial charge on any atom is -0.349 e. The molecule has 0 aromatic heterocycles. The first-order chi connectivity index (χ1) is 14.2. The Morgan fingerprint density at radius 1 is 0.333 bits per heavy atom. The van der Waals surface area contributed by atoms with Gasteiger partial charge < -0.3 is 14.2 Å². The lowest BCUT2D eigenvalue weighted by atomic mass is 10.0. The van der Waals surface area contributed by atoms with Crippen LogP contribution in [0.5, 0.6) is 0 Å². The van der Waals surface area contributed by atoms with Crippen LogP contribution < -0.4 is 0 Å². The first kappa shape index (κ1) is 31.6. The second kappa shape index (κ2) is 9.34. The van der Waals surface area contributed by atoms with E-state index in [1.54, 1.807) is 0 Å². The third-order valence-corrected chi connectivity index (χ3v) is 3.32. The van der Waals surface area contributed by atoms with E-state index in [1.165, 1.54) is 0 Å². The predicted molar refractivity (Wildman–Crippen MR) is 64.5 cm³/mol. The van der Waals surface area contributed by atoms with Crippen LogP contribution in [0.3, 0.4) is 0 Å². The summed E-state index contributed by atoms with van der Waals surface area (Å²) in [4.78, 5) is 0. The van der Waals surface area contributed by atoms with E-state index >= 15 is 0 Å². The average Bonchev–Trinajstić information content (AvgIpc) is 2.58. The molecule has 21 heteroatoms. The SMILES string of the molecule is FC(F)(F)C(F)(F)C(F)(F)C(F)(F)COCOCOCC(F)(F)C(F)(F)C(F)(F)C(F)(F)F. The average molecular weight is 542 g/mol. The van der Waals surface area contributed by atoms with Gasteiger partial charge in [0.25, 0.3) is 0 Å². The molecule has 0 saturated heterocycles. The highest BCUT2D eigenvalue weighted by Crippen LogP contribution is 2.54. The molecule has 0 N–H and O–H groups in total. The molecule has 0 aliphatic rings. The predicted octanol–water partition coefficient (Wildman–Crippen LogP) is 5.89. The summed E-state index contributed by atoms with van der Waals surface area (Å²) in [6, 6.07) is 0. The Morgan fingerprint density at radius 2 is 0.576 bits per heavy atom. The van der Waals surface area contributed by atoms with Crippen molar-refractivity contribution in [2.45, 2.75) is 47.9 Å². The van der Waals surface area contributed by atoms with Gasteiger partial charge >= 0.3 is 47.9 Å². The third-order valence-electron chi connectivity index (χ3n) is 3.32. The summed E-state index contributed by atoms with van der Waals surface area (Å²) in [5, 5.41) is 0. The van der Waals surface area contributed by atoms with Crippen LogP contribution in [0.1, 0.15) is 0 Å². The van der Waals surface area contributed by atoms with Gasteiger partial charge in [-0.2, -0.15) is 79.0 Å². The van der Waals surface area contributed by atoms with Gasteiger partial charge in [-0.3, -0.25) is 0 Å². The van der Waals surface area contributed by atoms with Crippen molar-refractivity contribution in [2.75, 3.05) is 26.8 Å². The molecule has 0 unspecified atom stereocenters. The largest absolute Gasteiger partial charge is 0.460 e. The first-order valence-corrected chi connectivity index (χ1v) is 7.34. The van der Waals surface area contributed by atoms with Crippen molar-refractivity contribution in [3.05, 3.63) is 0 Å². The quantitative estimate of drug-likeness (QED) is 0.175. The molecule has 0 amide bonds. The Hall–Kier alpha value is -1.38. The molecule has 0 spiro atoms. The van der Waals surface area contributed by atoms with Crippen LogP contribution >= 0.6 is 0 Å². The monoisotopic (exact) mass is 542 g/mol. The number of hydrogen-bond acceptors (Lipinski definition) is 3. The summed E-state index contributed by atoms with van der Waals surface area (Å²) in [6.07, 6.45) is -14.2. The summed E-state index contributed by atoms with van der Waals surface area (Å²) in [5.74, 6) is -41.0. The van der Waals surface area contributed by atoms with Crippen LogP contribution in [-0.4, -0.2) is 74.7 Å². The lowest BCUT2D eigenvalue weighted by molar-refractivity contribution is -0.402. The van der Waals surface area contributed by atoms with Gasteiger partial charge in [-0.15, -0.1) is 0 Å². The van der Waals surface area contributed by atoms with Gasteiger partial charge in [0, 0.05) is 0 Å². The molecule has 0 fully saturated rings. The minimum absolute atomic E-state index is 1.84. The Balaban J connectivity index is 4.77. The van der Waals surface area contributed by atoms with Gasteiger partial charge in [-0.05, 0) is 0 Å². The summed E-state index contributed by atoms with van der Waals surface area (Å²) in [7, 11) is 0. The summed E-state index contributed by atoms with van der Waals surface area (Å²) in [5.41, 5.74) is 0. The van der Waals surface area contributed by atoms with E-state index in [4.69, 9.17) is 0 Å². The molecule has 0 aliphatic heterocycles. The Labute approximate surface area is 169 Å². The van der Waals surface area contributed by atoms with Crippen molar-refractivity contribution >= 4 is 0 Å². The number of rotatable bonds is 12. The fourth-order valence-electron chi connectivity index (χ4n) is 1.49. The Morgan fingerprint density at radius 3 is 0.788 bits per heavy atom. The molecule has 0 saturated carbocycles. The van der Waals surface area contributed by atoms with Gasteiger partial charge in [0.05, 0.1) is 0 Å². The third kappa shape index (κ3) is 6.01. The zero-order valence-electron chi connectivity index (χ0n) is 14.9. The molecule has 0 heterocycles. The summed E-state index contributed by atoms with van der Waals surface area (Å²) < 4.78 is 235. The normalized spacial score (nSPS) is 15.8. The van der Waals surface area contributed by atoms with Crippen LogP contribution in [0.4, 0.5) is 79.0 Å². The standard InChI is InChI=1S/C12H8F18O3/c13-5(14,7(17,18)9(21,22)11(25,26)27)1-31-3-33-4-32-2-6(15,16)8(19,20)10(23,24)12(28,29)30/h1-4H2. The van der Waals surface area contributed by atoms with Crippen molar-refractivity contribution in [3.63, 3.8) is 0 Å². The highest BCUT2D eigenvalue weighted by Gasteiger charge is 2.82. The second-order valence-electron chi connectivity index (χ2n) is 5.84. The molecule has 33 heavy (non-hydrogen) atoms. The Bertz CT molecular complexity index is 583. The van der Waals surface area contributed by atoms with E-state index in [0.29, 0.717) is 0 Å². The molecule has 0 aromatic carbocycles. The number of halogens is 18. The van der Waals surface area contributed by atoms with Crippen molar-refractivity contribution in [1.29, 1.82) is 0 Å². The number of hydrogen-bond donors (Lipinski definition) is 0. The first-order valence-electron chi connectivity index (χ1n) is 7.34. The van der Waals surface area contributed by atoms with Gasteiger partial charge in [0.15, 0.2) is 0 Å². The molecule has 0 rings (SSSR count). The van der Waals surface area contributed by atoms with Crippen LogP contribution in [0.2, 0.25) is 0 Å². The number of ether oxygens (including phenoxy) is 3. The van der Waals surface area contributed by atoms with E-state index < -0.39 is 74.7 Å². The Kier molecular flexibility index (Phi) is 8.95. The molecule has 200 valence electrons. The molecule has 3 nitrogen and oxygen atoms in total. The van der Waals surface area contributed by atoms with Crippen LogP contribution in [0.25, 0.3) is 0 Å². The van der Waals surface area contributed by atoms with E-state index in [0.717, 1.165) is 0 Å². The molecule has 0 bridgehead atoms. The topological polar surface area (TPSA) is 27.7 Å². The fraction of sp³-hybridized carbons (Fsp3) is 1.00. The minimum atomic E-state index is -7.24. The molecule has 0 aliphatic carbocycles. The lowest BCUT2D eigenvalue weighted by Gasteiger charge is -2.33. The summed E-state index contributed by atoms with van der Waals surface area (Å²) >= 11 is 0. The molecule has 0 atom stereocenters. The summed E-state index contributed by atoms with van der Waals surface area (Å²) in [6.45, 7) is -9.50. The van der Waals surface area contributed by atoms with Gasteiger partial charge in [0.2, 0.25) is 0 Å². The maximum absolute atomic E-state index is 13.0. The molecule has 0 aromatic rings. The second-order valence-corrected chi connectivity index (χ2v) is 5.84. The fourth-order valence-corrected chi connectivity index (χ4v) is 1.49. The van der Waals surface area contributed by atoms with Crippen LogP contribution in [-0.2, 0) is 14.2 Å². The van der Waals surface area contributed by atoms with Crippen molar-refractivity contribution in [3.8, 4) is 0 Å².